The van der Waals surface area contributed by atoms with Crippen molar-refractivity contribution in [3.8, 4) is 0 Å². The van der Waals surface area contributed by atoms with E-state index >= 15 is 0 Å². The number of hydrogen-bond donors (Lipinski definition) is 1. The van der Waals surface area contributed by atoms with Crippen LogP contribution in [0.5, 0.6) is 0 Å². The zero-order chi connectivity index (χ0) is 11.7. The van der Waals surface area contributed by atoms with Gasteiger partial charge in [-0.05, 0) is 31.3 Å². The molecule has 1 aromatic carbocycles. The van der Waals surface area contributed by atoms with Crippen molar-refractivity contribution in [1.29, 1.82) is 0 Å². The van der Waals surface area contributed by atoms with Crippen molar-refractivity contribution in [2.24, 2.45) is 7.05 Å². The normalized spacial score (nSPS) is 10.6. The van der Waals surface area contributed by atoms with Crippen LogP contribution in [0.15, 0.2) is 18.2 Å². The number of benzene rings is 1. The van der Waals surface area contributed by atoms with Crippen molar-refractivity contribution in [3.63, 3.8) is 0 Å². The minimum absolute atomic E-state index is 0.322. The predicted octanol–water partition coefficient (Wildman–Crippen LogP) is 2.41. The number of H-pyrrole nitrogens is 1. The second-order valence-corrected chi connectivity index (χ2v) is 3.80. The highest BCUT2D eigenvalue weighted by molar-refractivity contribution is 7.71. The van der Waals surface area contributed by atoms with Gasteiger partial charge in [0.1, 0.15) is 0 Å². The molecule has 4 nitrogen and oxygen atoms in total. The van der Waals surface area contributed by atoms with Crippen LogP contribution in [-0.4, -0.2) is 22.1 Å². The smallest absolute Gasteiger partial charge is 0.340 e. The fourth-order valence-corrected chi connectivity index (χ4v) is 1.88. The SMILES string of the molecule is CCOC(=O)c1cccc2[nH]c(=S)n(C)c12. The maximum absolute atomic E-state index is 11.7. The number of aromatic nitrogens is 2. The Balaban J connectivity index is 2.70. The molecule has 0 fully saturated rings. The molecular weight excluding hydrogens is 224 g/mol. The fourth-order valence-electron chi connectivity index (χ4n) is 1.68. The van der Waals surface area contributed by atoms with E-state index in [-0.39, 0.29) is 5.97 Å². The Morgan fingerprint density at radius 1 is 1.56 bits per heavy atom. The first-order valence-corrected chi connectivity index (χ1v) is 5.40. The zero-order valence-electron chi connectivity index (χ0n) is 9.11. The van der Waals surface area contributed by atoms with Gasteiger partial charge in [-0.15, -0.1) is 0 Å². The molecule has 5 heteroatoms. The van der Waals surface area contributed by atoms with Crippen LogP contribution < -0.4 is 0 Å². The lowest BCUT2D eigenvalue weighted by molar-refractivity contribution is 0.0528. The van der Waals surface area contributed by atoms with Crippen molar-refractivity contribution in [3.05, 3.63) is 28.5 Å². The third-order valence-electron chi connectivity index (χ3n) is 2.41. The Hall–Kier alpha value is -1.62. The van der Waals surface area contributed by atoms with Gasteiger partial charge in [0.25, 0.3) is 0 Å². The predicted molar refractivity (Wildman–Crippen MR) is 64.1 cm³/mol. The zero-order valence-corrected chi connectivity index (χ0v) is 9.93. The number of aromatic amines is 1. The van der Waals surface area contributed by atoms with Gasteiger partial charge in [-0.2, -0.15) is 0 Å². The highest BCUT2D eigenvalue weighted by Crippen LogP contribution is 2.18. The summed E-state index contributed by atoms with van der Waals surface area (Å²) < 4.78 is 7.36. The molecule has 16 heavy (non-hydrogen) atoms. The van der Waals surface area contributed by atoms with Crippen LogP contribution in [0.3, 0.4) is 0 Å². The number of esters is 1. The van der Waals surface area contributed by atoms with E-state index < -0.39 is 0 Å². The number of aryl methyl sites for hydroxylation is 1. The molecule has 1 aromatic heterocycles. The summed E-state index contributed by atoms with van der Waals surface area (Å²) in [5.41, 5.74) is 2.17. The number of nitrogens with one attached hydrogen (secondary N) is 1. The third kappa shape index (κ3) is 1.63. The molecular formula is C11H12N2O2S. The molecule has 1 N–H and O–H groups in total. The monoisotopic (exact) mass is 236 g/mol. The van der Waals surface area contributed by atoms with Crippen molar-refractivity contribution in [2.45, 2.75) is 6.92 Å². The summed E-state index contributed by atoms with van der Waals surface area (Å²) in [6, 6.07) is 5.43. The molecule has 0 atom stereocenters. The lowest BCUT2D eigenvalue weighted by Crippen LogP contribution is -2.06. The fraction of sp³-hybridized carbons (Fsp3) is 0.273. The summed E-state index contributed by atoms with van der Waals surface area (Å²) in [4.78, 5) is 14.8. The van der Waals surface area contributed by atoms with E-state index in [0.717, 1.165) is 11.0 Å². The molecule has 0 unspecified atom stereocenters. The van der Waals surface area contributed by atoms with E-state index in [0.29, 0.717) is 16.9 Å². The molecule has 1 heterocycles. The van der Waals surface area contributed by atoms with Gasteiger partial charge < -0.3 is 14.3 Å². The van der Waals surface area contributed by atoms with Crippen LogP contribution >= 0.6 is 12.2 Å². The molecule has 0 saturated heterocycles. The minimum Gasteiger partial charge on any atom is -0.462 e. The summed E-state index contributed by atoms with van der Waals surface area (Å²) in [5.74, 6) is -0.322. The Bertz CT molecular complexity index is 598. The summed E-state index contributed by atoms with van der Waals surface area (Å²) in [6.07, 6.45) is 0. The average molecular weight is 236 g/mol. The number of carbonyl (C=O) groups excluding carboxylic acids is 1. The topological polar surface area (TPSA) is 47.0 Å². The first-order chi connectivity index (χ1) is 7.65. The summed E-state index contributed by atoms with van der Waals surface area (Å²) >= 11 is 5.12. The Labute approximate surface area is 97.8 Å². The van der Waals surface area contributed by atoms with Crippen molar-refractivity contribution in [2.75, 3.05) is 6.61 Å². The molecule has 0 bridgehead atoms. The van der Waals surface area contributed by atoms with Gasteiger partial charge in [0.2, 0.25) is 0 Å². The van der Waals surface area contributed by atoms with E-state index in [4.69, 9.17) is 17.0 Å². The molecule has 0 aliphatic heterocycles. The average Bonchev–Trinajstić information content (AvgIpc) is 2.55. The second kappa shape index (κ2) is 4.09. The van der Waals surface area contributed by atoms with E-state index in [9.17, 15) is 4.79 Å². The van der Waals surface area contributed by atoms with Gasteiger partial charge in [0.05, 0.1) is 23.2 Å². The van der Waals surface area contributed by atoms with E-state index in [2.05, 4.69) is 4.98 Å². The molecule has 2 rings (SSSR count). The number of carbonyl (C=O) groups is 1. The van der Waals surface area contributed by atoms with Crippen molar-refractivity contribution < 1.29 is 9.53 Å². The maximum Gasteiger partial charge on any atom is 0.340 e. The third-order valence-corrected chi connectivity index (χ3v) is 2.79. The number of fused-ring (bicyclic) bond motifs is 1. The number of imidazole rings is 1. The van der Waals surface area contributed by atoms with Crippen LogP contribution in [-0.2, 0) is 11.8 Å². The van der Waals surface area contributed by atoms with Gasteiger partial charge in [0.15, 0.2) is 4.77 Å². The second-order valence-electron chi connectivity index (χ2n) is 3.41. The number of nitrogens with zero attached hydrogens (tertiary/aromatic N) is 1. The van der Waals surface area contributed by atoms with Crippen LogP contribution in [0.4, 0.5) is 0 Å². The van der Waals surface area contributed by atoms with E-state index in [1.54, 1.807) is 23.6 Å². The molecule has 0 saturated carbocycles. The molecule has 0 radical (unpaired) electrons. The lowest BCUT2D eigenvalue weighted by atomic mass is 10.2. The van der Waals surface area contributed by atoms with Crippen LogP contribution in [0.2, 0.25) is 0 Å². The first kappa shape index (κ1) is 10.9. The quantitative estimate of drug-likeness (QED) is 0.643. The molecule has 0 aliphatic carbocycles. The molecule has 0 spiro atoms. The van der Waals surface area contributed by atoms with Crippen molar-refractivity contribution >= 4 is 29.2 Å². The molecule has 0 amide bonds. The lowest BCUT2D eigenvalue weighted by Gasteiger charge is -2.04. The van der Waals surface area contributed by atoms with Gasteiger partial charge in [-0.1, -0.05) is 6.07 Å². The minimum atomic E-state index is -0.322. The first-order valence-electron chi connectivity index (χ1n) is 5.00. The summed E-state index contributed by atoms with van der Waals surface area (Å²) in [5, 5.41) is 0. The summed E-state index contributed by atoms with van der Waals surface area (Å²) in [7, 11) is 1.82. The number of ether oxygens (including phenoxy) is 1. The molecule has 84 valence electrons. The van der Waals surface area contributed by atoms with Gasteiger partial charge in [0, 0.05) is 7.05 Å². The number of hydrogen-bond acceptors (Lipinski definition) is 3. The molecule has 2 aromatic rings. The van der Waals surface area contributed by atoms with E-state index in [1.807, 2.05) is 13.1 Å². The largest absolute Gasteiger partial charge is 0.462 e. The number of para-hydroxylation sites is 1. The molecule has 0 aliphatic rings. The van der Waals surface area contributed by atoms with Gasteiger partial charge in [-0.3, -0.25) is 0 Å². The number of rotatable bonds is 2. The van der Waals surface area contributed by atoms with Crippen LogP contribution in [0, 0.1) is 4.77 Å². The van der Waals surface area contributed by atoms with Crippen LogP contribution in [0.1, 0.15) is 17.3 Å². The highest BCUT2D eigenvalue weighted by atomic mass is 32.1. The van der Waals surface area contributed by atoms with Crippen LogP contribution in [0.25, 0.3) is 11.0 Å². The maximum atomic E-state index is 11.7. The van der Waals surface area contributed by atoms with E-state index in [1.165, 1.54) is 0 Å². The summed E-state index contributed by atoms with van der Waals surface area (Å²) in [6.45, 7) is 2.15. The van der Waals surface area contributed by atoms with Gasteiger partial charge in [-0.25, -0.2) is 4.79 Å². The van der Waals surface area contributed by atoms with Gasteiger partial charge >= 0.3 is 5.97 Å². The Morgan fingerprint density at radius 2 is 2.31 bits per heavy atom. The highest BCUT2D eigenvalue weighted by Gasteiger charge is 2.13. The standard InChI is InChI=1S/C11H12N2O2S/c1-3-15-10(14)7-5-4-6-8-9(7)13(2)11(16)12-8/h4-6H,3H2,1-2H3,(H,12,16). The van der Waals surface area contributed by atoms with Crippen molar-refractivity contribution in [1.82, 2.24) is 9.55 Å². The Morgan fingerprint density at radius 3 is 3.00 bits per heavy atom. The Kier molecular flexibility index (Phi) is 2.78.